The summed E-state index contributed by atoms with van der Waals surface area (Å²) in [4.78, 5) is 29.2. The zero-order chi connectivity index (χ0) is 30.4. The summed E-state index contributed by atoms with van der Waals surface area (Å²) in [7, 11) is 0. The first kappa shape index (κ1) is 29.2. The molecule has 0 saturated heterocycles. The lowest BCUT2D eigenvalue weighted by molar-refractivity contribution is 0.0724. The molecular formula is C31H17F4N3O4. The molecule has 0 bridgehead atoms. The normalized spacial score (nSPS) is 10.9. The lowest BCUT2D eigenvalue weighted by atomic mass is 10.1. The van der Waals surface area contributed by atoms with Gasteiger partial charge in [0.05, 0.1) is 17.7 Å². The van der Waals surface area contributed by atoms with Crippen LogP contribution in [0.3, 0.4) is 0 Å². The van der Waals surface area contributed by atoms with Crippen LogP contribution in [0.25, 0.3) is 0 Å². The lowest BCUT2D eigenvalue weighted by Gasteiger charge is -2.07. The van der Waals surface area contributed by atoms with Gasteiger partial charge in [0.2, 0.25) is 0 Å². The summed E-state index contributed by atoms with van der Waals surface area (Å²) in [5, 5.41) is 17.5. The molecule has 0 aromatic heterocycles. The fraction of sp³-hybridized carbons (Fsp3) is 0.0645. The molecular weight excluding hydrogens is 554 g/mol. The van der Waals surface area contributed by atoms with E-state index in [9.17, 15) is 27.2 Å². The van der Waals surface area contributed by atoms with Gasteiger partial charge in [-0.05, 0) is 42.3 Å². The average molecular weight is 571 g/mol. The van der Waals surface area contributed by atoms with Crippen molar-refractivity contribution >= 4 is 17.7 Å². The number of nitrogens with zero attached hydrogens (tertiary/aromatic N) is 3. The molecule has 0 spiro atoms. The molecule has 0 fully saturated rings. The number of ether oxygens (including phenoxy) is 2. The van der Waals surface area contributed by atoms with Crippen molar-refractivity contribution < 1.29 is 36.6 Å². The maximum Gasteiger partial charge on any atom is 0.343 e. The standard InChI is InChI=1S/C31H17F4N3O4/c1-17(19-6-8-21(9-7-19)31(40)42-23-12-28(34)25(15-37)29(35)13-23)38-16-18-2-4-20(5-3-18)30(39)41-22-10-26(32)24(14-36)27(33)11-22/h2-13H,16H2,1H3. The van der Waals surface area contributed by atoms with Crippen LogP contribution in [0.1, 0.15) is 49.9 Å². The predicted molar refractivity (Wildman–Crippen MR) is 141 cm³/mol. The van der Waals surface area contributed by atoms with Gasteiger partial charge in [-0.15, -0.1) is 0 Å². The second-order valence-corrected chi connectivity index (χ2v) is 8.70. The molecule has 0 aliphatic carbocycles. The SMILES string of the molecule is CC(=NCc1ccc(C(=O)Oc2cc(F)c(C#N)c(F)c2)cc1)c1ccc(C(=O)Oc2cc(F)c(C#N)c(F)c2)cc1. The first-order valence-electron chi connectivity index (χ1n) is 12.0. The highest BCUT2D eigenvalue weighted by Gasteiger charge is 2.16. The van der Waals surface area contributed by atoms with E-state index >= 15 is 0 Å². The van der Waals surface area contributed by atoms with Gasteiger partial charge in [-0.1, -0.05) is 24.3 Å². The Balaban J connectivity index is 1.36. The summed E-state index contributed by atoms with van der Waals surface area (Å²) >= 11 is 0. The van der Waals surface area contributed by atoms with E-state index < -0.39 is 46.3 Å². The number of esters is 2. The van der Waals surface area contributed by atoms with Crippen LogP contribution < -0.4 is 9.47 Å². The monoisotopic (exact) mass is 571 g/mol. The molecule has 7 nitrogen and oxygen atoms in total. The van der Waals surface area contributed by atoms with Gasteiger partial charge < -0.3 is 9.47 Å². The van der Waals surface area contributed by atoms with Crippen molar-refractivity contribution in [3.05, 3.63) is 129 Å². The molecule has 0 amide bonds. The Labute approximate surface area is 236 Å². The third-order valence-electron chi connectivity index (χ3n) is 5.90. The fourth-order valence-electron chi connectivity index (χ4n) is 3.66. The van der Waals surface area contributed by atoms with Gasteiger partial charge in [-0.3, -0.25) is 4.99 Å². The minimum Gasteiger partial charge on any atom is -0.423 e. The number of nitriles is 2. The zero-order valence-electron chi connectivity index (χ0n) is 21.6. The number of hydrogen-bond acceptors (Lipinski definition) is 7. The molecule has 4 rings (SSSR count). The van der Waals surface area contributed by atoms with Gasteiger partial charge in [0.1, 0.15) is 58.0 Å². The number of benzene rings is 4. The third-order valence-corrected chi connectivity index (χ3v) is 5.90. The van der Waals surface area contributed by atoms with E-state index in [1.165, 1.54) is 36.4 Å². The van der Waals surface area contributed by atoms with E-state index in [-0.39, 0.29) is 29.2 Å². The molecule has 11 heteroatoms. The van der Waals surface area contributed by atoms with Crippen molar-refractivity contribution in [2.24, 2.45) is 4.99 Å². The average Bonchev–Trinajstić information content (AvgIpc) is 2.96. The smallest absolute Gasteiger partial charge is 0.343 e. The van der Waals surface area contributed by atoms with Gasteiger partial charge in [0.15, 0.2) is 0 Å². The summed E-state index contributed by atoms with van der Waals surface area (Å²) < 4.78 is 65.0. The molecule has 0 N–H and O–H groups in total. The van der Waals surface area contributed by atoms with Gasteiger partial charge in [0.25, 0.3) is 0 Å². The van der Waals surface area contributed by atoms with Crippen LogP contribution in [0.4, 0.5) is 17.6 Å². The predicted octanol–water partition coefficient (Wildman–Crippen LogP) is 6.43. The Bertz CT molecular complexity index is 1760. The van der Waals surface area contributed by atoms with Crippen molar-refractivity contribution in [2.75, 3.05) is 0 Å². The van der Waals surface area contributed by atoms with Gasteiger partial charge in [-0.25, -0.2) is 27.2 Å². The first-order chi connectivity index (χ1) is 20.1. The molecule has 0 aliphatic rings. The van der Waals surface area contributed by atoms with Crippen LogP contribution >= 0.6 is 0 Å². The van der Waals surface area contributed by atoms with Gasteiger partial charge in [0, 0.05) is 30.0 Å². The second kappa shape index (κ2) is 12.6. The van der Waals surface area contributed by atoms with Crippen molar-refractivity contribution in [1.82, 2.24) is 0 Å². The van der Waals surface area contributed by atoms with Crippen LogP contribution in [0.2, 0.25) is 0 Å². The van der Waals surface area contributed by atoms with Crippen LogP contribution in [0.5, 0.6) is 11.5 Å². The Hall–Kier alpha value is -5.81. The molecule has 4 aromatic rings. The van der Waals surface area contributed by atoms with Crippen molar-refractivity contribution in [3.63, 3.8) is 0 Å². The van der Waals surface area contributed by atoms with E-state index in [1.807, 2.05) is 0 Å². The van der Waals surface area contributed by atoms with E-state index in [4.69, 9.17) is 20.0 Å². The quantitative estimate of drug-likeness (QED) is 0.109. The molecule has 42 heavy (non-hydrogen) atoms. The number of carbonyl (C=O) groups excluding carboxylic acids is 2. The molecule has 0 radical (unpaired) electrons. The van der Waals surface area contributed by atoms with Crippen LogP contribution in [-0.2, 0) is 6.54 Å². The Morgan fingerprint density at radius 3 is 1.40 bits per heavy atom. The van der Waals surface area contributed by atoms with E-state index in [2.05, 4.69) is 4.99 Å². The summed E-state index contributed by atoms with van der Waals surface area (Å²) in [6.45, 7) is 1.99. The minimum atomic E-state index is -1.14. The lowest BCUT2D eigenvalue weighted by Crippen LogP contribution is -2.10. The zero-order valence-corrected chi connectivity index (χ0v) is 21.6. The molecule has 0 atom stereocenters. The largest absolute Gasteiger partial charge is 0.423 e. The number of halogens is 4. The summed E-state index contributed by atoms with van der Waals surface area (Å²) in [6.07, 6.45) is 0. The topological polar surface area (TPSA) is 113 Å². The summed E-state index contributed by atoms with van der Waals surface area (Å²) in [6, 6.07) is 18.1. The number of aliphatic imine (C=N–C) groups is 1. The molecule has 0 heterocycles. The Morgan fingerprint density at radius 1 is 0.667 bits per heavy atom. The van der Waals surface area contributed by atoms with Crippen molar-refractivity contribution in [1.29, 1.82) is 10.5 Å². The highest BCUT2D eigenvalue weighted by Crippen LogP contribution is 2.23. The van der Waals surface area contributed by atoms with E-state index in [1.54, 1.807) is 31.2 Å². The van der Waals surface area contributed by atoms with E-state index in [0.717, 1.165) is 29.8 Å². The number of hydrogen-bond donors (Lipinski definition) is 0. The molecule has 208 valence electrons. The van der Waals surface area contributed by atoms with Crippen LogP contribution in [-0.4, -0.2) is 17.7 Å². The highest BCUT2D eigenvalue weighted by atomic mass is 19.1. The maximum absolute atomic E-state index is 13.8. The van der Waals surface area contributed by atoms with Crippen LogP contribution in [0.15, 0.2) is 77.8 Å². The second-order valence-electron chi connectivity index (χ2n) is 8.70. The first-order valence-corrected chi connectivity index (χ1v) is 12.0. The molecule has 0 aliphatic heterocycles. The Kier molecular flexibility index (Phi) is 8.74. The highest BCUT2D eigenvalue weighted by molar-refractivity contribution is 6.00. The molecule has 4 aromatic carbocycles. The van der Waals surface area contributed by atoms with Crippen molar-refractivity contribution in [3.8, 4) is 23.6 Å². The Morgan fingerprint density at radius 2 is 1.02 bits per heavy atom. The summed E-state index contributed by atoms with van der Waals surface area (Å²) in [5.74, 6) is -7.04. The third kappa shape index (κ3) is 6.66. The fourth-order valence-corrected chi connectivity index (χ4v) is 3.66. The van der Waals surface area contributed by atoms with Crippen LogP contribution in [0, 0.1) is 45.9 Å². The van der Waals surface area contributed by atoms with Gasteiger partial charge >= 0.3 is 11.9 Å². The summed E-state index contributed by atoms with van der Waals surface area (Å²) in [5.41, 5.74) is 0.739. The number of rotatable bonds is 7. The van der Waals surface area contributed by atoms with Gasteiger partial charge in [-0.2, -0.15) is 10.5 Å². The number of carbonyl (C=O) groups is 2. The molecule has 0 saturated carbocycles. The minimum absolute atomic E-state index is 0.116. The maximum atomic E-state index is 13.8. The molecule has 0 unspecified atom stereocenters. The van der Waals surface area contributed by atoms with Crippen molar-refractivity contribution in [2.45, 2.75) is 13.5 Å². The van der Waals surface area contributed by atoms with E-state index in [0.29, 0.717) is 11.3 Å².